The van der Waals surface area contributed by atoms with E-state index in [9.17, 15) is 4.79 Å². The molecule has 2 aromatic rings. The lowest BCUT2D eigenvalue weighted by Crippen LogP contribution is -2.23. The zero-order valence-corrected chi connectivity index (χ0v) is 10.4. The number of fused-ring (bicyclic) bond motifs is 1. The molecule has 0 bridgehead atoms. The molecule has 1 aliphatic heterocycles. The van der Waals surface area contributed by atoms with Crippen LogP contribution >= 0.6 is 0 Å². The van der Waals surface area contributed by atoms with Gasteiger partial charge in [0.25, 0.3) is 0 Å². The van der Waals surface area contributed by atoms with Crippen LogP contribution in [0.25, 0.3) is 11.0 Å². The van der Waals surface area contributed by atoms with Crippen LogP contribution in [0.3, 0.4) is 0 Å². The first-order valence-electron chi connectivity index (χ1n) is 6.28. The van der Waals surface area contributed by atoms with Crippen LogP contribution in [0, 0.1) is 5.92 Å². The first-order valence-corrected chi connectivity index (χ1v) is 6.28. The molecule has 0 radical (unpaired) electrons. The quantitative estimate of drug-likeness (QED) is 0.894. The predicted octanol–water partition coefficient (Wildman–Crippen LogP) is 1.33. The lowest BCUT2D eigenvalue weighted by Gasteiger charge is -2.15. The number of nitrogens with zero attached hydrogens (tertiary/aromatic N) is 4. The average molecular weight is 258 g/mol. The molecule has 0 amide bonds. The summed E-state index contributed by atoms with van der Waals surface area (Å²) in [4.78, 5) is 17.2. The van der Waals surface area contributed by atoms with E-state index in [0.717, 1.165) is 24.0 Å². The molecule has 1 aromatic heterocycles. The molecule has 0 aliphatic carbocycles. The van der Waals surface area contributed by atoms with E-state index < -0.39 is 5.97 Å². The van der Waals surface area contributed by atoms with Crippen molar-refractivity contribution in [3.05, 3.63) is 24.3 Å². The lowest BCUT2D eigenvalue weighted by molar-refractivity contribution is -0.137. The normalized spacial score (nSPS) is 18.9. The Morgan fingerprint density at radius 1 is 1.32 bits per heavy atom. The molecule has 6 nitrogen and oxygen atoms in total. The number of carboxylic acid groups (broad SMARTS) is 1. The Hall–Kier alpha value is -2.24. The van der Waals surface area contributed by atoms with E-state index in [1.807, 2.05) is 29.2 Å². The number of carboxylic acids is 1. The van der Waals surface area contributed by atoms with Crippen LogP contribution in [0.4, 0.5) is 5.95 Å². The van der Waals surface area contributed by atoms with E-state index in [1.165, 1.54) is 0 Å². The molecule has 19 heavy (non-hydrogen) atoms. The standard InChI is InChI=1S/C13H14N4O2/c18-12(19)7-9-5-6-17(8-9)13-14-10-3-1-2-4-11(10)15-16-13/h1-4,9H,5-8H2,(H,18,19). The summed E-state index contributed by atoms with van der Waals surface area (Å²) in [5.41, 5.74) is 1.58. The molecule has 1 unspecified atom stereocenters. The maximum atomic E-state index is 10.7. The highest BCUT2D eigenvalue weighted by atomic mass is 16.4. The Morgan fingerprint density at radius 2 is 2.11 bits per heavy atom. The third-order valence-electron chi connectivity index (χ3n) is 3.38. The van der Waals surface area contributed by atoms with Crippen molar-refractivity contribution in [3.63, 3.8) is 0 Å². The minimum Gasteiger partial charge on any atom is -0.481 e. The summed E-state index contributed by atoms with van der Waals surface area (Å²) in [6.07, 6.45) is 1.07. The van der Waals surface area contributed by atoms with Crippen molar-refractivity contribution < 1.29 is 9.90 Å². The number of hydrogen-bond donors (Lipinski definition) is 1. The summed E-state index contributed by atoms with van der Waals surface area (Å²) < 4.78 is 0. The first-order chi connectivity index (χ1) is 9.22. The highest BCUT2D eigenvalue weighted by molar-refractivity contribution is 5.74. The minimum atomic E-state index is -0.746. The number of aliphatic carboxylic acids is 1. The molecule has 1 fully saturated rings. The van der Waals surface area contributed by atoms with Gasteiger partial charge in [-0.15, -0.1) is 10.2 Å². The molecule has 1 aromatic carbocycles. The molecule has 1 saturated heterocycles. The van der Waals surface area contributed by atoms with Crippen molar-refractivity contribution >= 4 is 23.0 Å². The van der Waals surface area contributed by atoms with Crippen LogP contribution in [-0.2, 0) is 4.79 Å². The number of carbonyl (C=O) groups is 1. The van der Waals surface area contributed by atoms with Gasteiger partial charge in [0.05, 0.1) is 5.52 Å². The van der Waals surface area contributed by atoms with Gasteiger partial charge in [0.1, 0.15) is 5.52 Å². The van der Waals surface area contributed by atoms with Gasteiger partial charge in [-0.05, 0) is 24.5 Å². The fourth-order valence-corrected chi connectivity index (χ4v) is 2.43. The van der Waals surface area contributed by atoms with Crippen molar-refractivity contribution in [1.29, 1.82) is 0 Å². The van der Waals surface area contributed by atoms with Crippen LogP contribution in [0.15, 0.2) is 24.3 Å². The summed E-state index contributed by atoms with van der Waals surface area (Å²) in [5.74, 6) is 0.0172. The number of rotatable bonds is 3. The maximum Gasteiger partial charge on any atom is 0.303 e. The SMILES string of the molecule is O=C(O)CC1CCN(c2nnc3ccccc3n2)C1. The monoisotopic (exact) mass is 258 g/mol. The van der Waals surface area contributed by atoms with E-state index in [-0.39, 0.29) is 12.3 Å². The molecule has 6 heteroatoms. The van der Waals surface area contributed by atoms with Crippen molar-refractivity contribution in [3.8, 4) is 0 Å². The molecule has 1 N–H and O–H groups in total. The van der Waals surface area contributed by atoms with Crippen LogP contribution in [-0.4, -0.2) is 39.3 Å². The maximum absolute atomic E-state index is 10.7. The van der Waals surface area contributed by atoms with E-state index >= 15 is 0 Å². The zero-order valence-electron chi connectivity index (χ0n) is 10.4. The third-order valence-corrected chi connectivity index (χ3v) is 3.38. The number of hydrogen-bond acceptors (Lipinski definition) is 5. The van der Waals surface area contributed by atoms with Gasteiger partial charge in [-0.2, -0.15) is 0 Å². The zero-order chi connectivity index (χ0) is 13.2. The fourth-order valence-electron chi connectivity index (χ4n) is 2.43. The van der Waals surface area contributed by atoms with Gasteiger partial charge in [-0.3, -0.25) is 4.79 Å². The van der Waals surface area contributed by atoms with E-state index in [4.69, 9.17) is 5.11 Å². The number of para-hydroxylation sites is 1. The van der Waals surface area contributed by atoms with Crippen molar-refractivity contribution in [1.82, 2.24) is 15.2 Å². The van der Waals surface area contributed by atoms with Gasteiger partial charge in [-0.25, -0.2) is 4.98 Å². The highest BCUT2D eigenvalue weighted by Gasteiger charge is 2.26. The molecule has 0 saturated carbocycles. The predicted molar refractivity (Wildman–Crippen MR) is 69.9 cm³/mol. The third kappa shape index (κ3) is 2.47. The summed E-state index contributed by atoms with van der Waals surface area (Å²) in [6, 6.07) is 7.59. The summed E-state index contributed by atoms with van der Waals surface area (Å²) in [7, 11) is 0. The number of aromatic nitrogens is 3. The largest absolute Gasteiger partial charge is 0.481 e. The Morgan fingerprint density at radius 3 is 2.89 bits per heavy atom. The molecular weight excluding hydrogens is 244 g/mol. The smallest absolute Gasteiger partial charge is 0.303 e. The fraction of sp³-hybridized carbons (Fsp3) is 0.385. The van der Waals surface area contributed by atoms with Gasteiger partial charge in [-0.1, -0.05) is 12.1 Å². The minimum absolute atomic E-state index is 0.174. The van der Waals surface area contributed by atoms with Crippen molar-refractivity contribution in [2.45, 2.75) is 12.8 Å². The highest BCUT2D eigenvalue weighted by Crippen LogP contribution is 2.23. The summed E-state index contributed by atoms with van der Waals surface area (Å²) in [6.45, 7) is 1.48. The average Bonchev–Trinajstić information content (AvgIpc) is 2.86. The Kier molecular flexibility index (Phi) is 2.98. The van der Waals surface area contributed by atoms with E-state index in [0.29, 0.717) is 12.5 Å². The second kappa shape index (κ2) is 4.79. The topological polar surface area (TPSA) is 79.2 Å². The first kappa shape index (κ1) is 11.8. The van der Waals surface area contributed by atoms with Gasteiger partial charge < -0.3 is 10.0 Å². The van der Waals surface area contributed by atoms with Crippen LogP contribution in [0.5, 0.6) is 0 Å². The Labute approximate surface area is 110 Å². The molecule has 1 aliphatic rings. The van der Waals surface area contributed by atoms with Crippen LogP contribution in [0.1, 0.15) is 12.8 Å². The van der Waals surface area contributed by atoms with Gasteiger partial charge in [0.2, 0.25) is 5.95 Å². The Bertz CT molecular complexity index is 616. The molecule has 1 atom stereocenters. The summed E-state index contributed by atoms with van der Waals surface area (Å²) >= 11 is 0. The lowest BCUT2D eigenvalue weighted by atomic mass is 10.1. The number of benzene rings is 1. The molecule has 3 rings (SSSR count). The van der Waals surface area contributed by atoms with Crippen molar-refractivity contribution in [2.24, 2.45) is 5.92 Å². The Balaban J connectivity index is 1.79. The van der Waals surface area contributed by atoms with E-state index in [2.05, 4.69) is 15.2 Å². The van der Waals surface area contributed by atoms with Crippen molar-refractivity contribution in [2.75, 3.05) is 18.0 Å². The van der Waals surface area contributed by atoms with E-state index in [1.54, 1.807) is 0 Å². The molecule has 0 spiro atoms. The summed E-state index contributed by atoms with van der Waals surface area (Å²) in [5, 5.41) is 17.1. The second-order valence-electron chi connectivity index (χ2n) is 4.80. The number of anilines is 1. The molecular formula is C13H14N4O2. The van der Waals surface area contributed by atoms with Gasteiger partial charge in [0.15, 0.2) is 0 Å². The van der Waals surface area contributed by atoms with Crippen LogP contribution < -0.4 is 4.90 Å². The molecule has 2 heterocycles. The second-order valence-corrected chi connectivity index (χ2v) is 4.80. The van der Waals surface area contributed by atoms with Gasteiger partial charge in [0, 0.05) is 19.5 Å². The van der Waals surface area contributed by atoms with Crippen LogP contribution in [0.2, 0.25) is 0 Å². The van der Waals surface area contributed by atoms with Gasteiger partial charge >= 0.3 is 5.97 Å². The molecule has 98 valence electrons.